The molecule has 0 aromatic rings. The second-order valence-electron chi connectivity index (χ2n) is 1.57. The van der Waals surface area contributed by atoms with Crippen LogP contribution in [-0.2, 0) is 9.59 Å². The van der Waals surface area contributed by atoms with Crippen LogP contribution in [0.2, 0.25) is 0 Å². The molecule has 0 spiro atoms. The first-order valence-electron chi connectivity index (χ1n) is 2.28. The molecule has 0 aromatic heterocycles. The fraction of sp³-hybridized carbons (Fsp3) is 0.500. The predicted molar refractivity (Wildman–Crippen MR) is 33.0 cm³/mol. The summed E-state index contributed by atoms with van der Waals surface area (Å²) in [7, 11) is 0. The van der Waals surface area contributed by atoms with Crippen LogP contribution in [0.4, 0.5) is 0 Å². The Kier molecular flexibility index (Phi) is 7.13. The minimum absolute atomic E-state index is 0. The molecule has 0 saturated heterocycles. The van der Waals surface area contributed by atoms with E-state index >= 15 is 0 Å². The number of aliphatic hydroxyl groups is 2. The van der Waals surface area contributed by atoms with E-state index < -0.39 is 24.1 Å². The van der Waals surface area contributed by atoms with Crippen molar-refractivity contribution in [3.8, 4) is 0 Å². The Hall–Kier alpha value is 0.120. The zero-order valence-electron chi connectivity index (χ0n) is 5.47. The first kappa shape index (κ1) is 13.7. The average molecular weight is 190 g/mol. The summed E-state index contributed by atoms with van der Waals surface area (Å²) >= 11 is 0. The van der Waals surface area contributed by atoms with Gasteiger partial charge >= 0.3 is 11.9 Å². The summed E-state index contributed by atoms with van der Waals surface area (Å²) in [6.07, 6.45) is -4.53. The summed E-state index contributed by atoms with van der Waals surface area (Å²) in [5, 5.41) is 32.5. The van der Waals surface area contributed by atoms with Gasteiger partial charge in [-0.2, -0.15) is 0 Å². The van der Waals surface area contributed by atoms with Crippen LogP contribution < -0.4 is 0 Å². The van der Waals surface area contributed by atoms with Gasteiger partial charge in [0.25, 0.3) is 0 Å². The van der Waals surface area contributed by atoms with Crippen molar-refractivity contribution in [3.05, 3.63) is 0 Å². The van der Waals surface area contributed by atoms with Gasteiger partial charge in [0.2, 0.25) is 0 Å². The second kappa shape index (κ2) is 5.73. The molecule has 0 saturated carbocycles. The second-order valence-corrected chi connectivity index (χ2v) is 1.57. The fourth-order valence-electron chi connectivity index (χ4n) is 0.270. The maximum Gasteiger partial charge on any atom is 0.335 e. The molecule has 60 valence electrons. The van der Waals surface area contributed by atoms with Gasteiger partial charge < -0.3 is 20.4 Å². The van der Waals surface area contributed by atoms with Crippen LogP contribution >= 0.6 is 0 Å². The molecule has 0 bridgehead atoms. The first-order chi connectivity index (χ1) is 4.46. The van der Waals surface area contributed by atoms with Crippen molar-refractivity contribution >= 4 is 49.7 Å². The summed E-state index contributed by atoms with van der Waals surface area (Å²) in [4.78, 5) is 19.5. The molecular weight excluding hydrogens is 184 g/mol. The number of hydrogen-bond donors (Lipinski definition) is 4. The van der Waals surface area contributed by atoms with E-state index in [1.165, 1.54) is 0 Å². The molecule has 0 aromatic carbocycles. The molecule has 0 heterocycles. The molecule has 0 unspecified atom stereocenters. The Labute approximate surface area is 91.4 Å². The van der Waals surface area contributed by atoms with Crippen molar-refractivity contribution in [2.24, 2.45) is 0 Å². The molecule has 2 radical (unpaired) electrons. The van der Waals surface area contributed by atoms with Crippen LogP contribution in [0.15, 0.2) is 0 Å². The standard InChI is InChI=1S/C4H6O6.Ca/c5-1(3(7)8)2(6)4(9)10;/h1-2,5-6H,(H,7,8)(H,9,10);/t1-,2-;/m1./s1. The molecule has 0 aliphatic heterocycles. The number of carboxylic acid groups (broad SMARTS) is 2. The molecule has 6 nitrogen and oxygen atoms in total. The Morgan fingerprint density at radius 3 is 1.18 bits per heavy atom. The molecular formula is C4H6CaO6. The van der Waals surface area contributed by atoms with E-state index in [4.69, 9.17) is 20.4 Å². The Bertz CT molecular complexity index is 139. The largest absolute Gasteiger partial charge is 0.479 e. The van der Waals surface area contributed by atoms with Crippen LogP contribution in [0.1, 0.15) is 0 Å². The smallest absolute Gasteiger partial charge is 0.335 e. The van der Waals surface area contributed by atoms with Gasteiger partial charge in [-0.3, -0.25) is 0 Å². The molecule has 0 fully saturated rings. The maximum absolute atomic E-state index is 9.77. The third kappa shape index (κ3) is 4.54. The van der Waals surface area contributed by atoms with Gasteiger partial charge in [0.05, 0.1) is 0 Å². The minimum atomic E-state index is -2.27. The summed E-state index contributed by atoms with van der Waals surface area (Å²) < 4.78 is 0. The Morgan fingerprint density at radius 1 is 0.909 bits per heavy atom. The van der Waals surface area contributed by atoms with Crippen LogP contribution in [0, 0.1) is 0 Å². The monoisotopic (exact) mass is 190 g/mol. The molecule has 4 N–H and O–H groups in total. The Morgan fingerprint density at radius 2 is 1.09 bits per heavy atom. The number of aliphatic carboxylic acids is 2. The van der Waals surface area contributed by atoms with Gasteiger partial charge in [0.15, 0.2) is 12.2 Å². The maximum atomic E-state index is 9.77. The molecule has 2 atom stereocenters. The van der Waals surface area contributed by atoms with E-state index in [9.17, 15) is 9.59 Å². The normalized spacial score (nSPS) is 14.4. The van der Waals surface area contributed by atoms with Gasteiger partial charge in [-0.15, -0.1) is 0 Å². The zero-order chi connectivity index (χ0) is 8.31. The summed E-state index contributed by atoms with van der Waals surface area (Å²) in [5.74, 6) is -3.54. The van der Waals surface area contributed by atoms with Gasteiger partial charge in [-0.25, -0.2) is 9.59 Å². The third-order valence-corrected chi connectivity index (χ3v) is 0.805. The Balaban J connectivity index is 0. The predicted octanol–water partition coefficient (Wildman–Crippen LogP) is -2.50. The minimum Gasteiger partial charge on any atom is -0.479 e. The van der Waals surface area contributed by atoms with Crippen molar-refractivity contribution in [1.29, 1.82) is 0 Å². The van der Waals surface area contributed by atoms with Gasteiger partial charge in [-0.05, 0) is 0 Å². The topological polar surface area (TPSA) is 115 Å². The number of aliphatic hydroxyl groups excluding tert-OH is 2. The van der Waals surface area contributed by atoms with E-state index in [-0.39, 0.29) is 37.7 Å². The molecule has 0 aliphatic rings. The van der Waals surface area contributed by atoms with Gasteiger partial charge in [0, 0.05) is 37.7 Å². The van der Waals surface area contributed by atoms with Gasteiger partial charge in [-0.1, -0.05) is 0 Å². The first-order valence-corrected chi connectivity index (χ1v) is 2.28. The molecule has 0 rings (SSSR count). The van der Waals surface area contributed by atoms with Crippen molar-refractivity contribution < 1.29 is 30.0 Å². The van der Waals surface area contributed by atoms with E-state index in [2.05, 4.69) is 0 Å². The third-order valence-electron chi connectivity index (χ3n) is 0.805. The van der Waals surface area contributed by atoms with E-state index in [1.807, 2.05) is 0 Å². The summed E-state index contributed by atoms with van der Waals surface area (Å²) in [6.45, 7) is 0. The van der Waals surface area contributed by atoms with Crippen molar-refractivity contribution in [2.75, 3.05) is 0 Å². The SMILES string of the molecule is O=C(O)[C@H](O)[C@@H](O)C(=O)O.[Ca]. The average Bonchev–Trinajstić information content (AvgIpc) is 1.84. The van der Waals surface area contributed by atoms with Crippen LogP contribution in [-0.4, -0.2) is 82.3 Å². The number of carbonyl (C=O) groups is 2. The van der Waals surface area contributed by atoms with E-state index in [0.717, 1.165) is 0 Å². The molecule has 11 heavy (non-hydrogen) atoms. The zero-order valence-corrected chi connectivity index (χ0v) is 7.68. The van der Waals surface area contributed by atoms with E-state index in [0.29, 0.717) is 0 Å². The van der Waals surface area contributed by atoms with Crippen molar-refractivity contribution in [2.45, 2.75) is 12.2 Å². The van der Waals surface area contributed by atoms with Crippen LogP contribution in [0.3, 0.4) is 0 Å². The van der Waals surface area contributed by atoms with Crippen LogP contribution in [0.5, 0.6) is 0 Å². The number of carboxylic acids is 2. The molecule has 7 heteroatoms. The number of hydrogen-bond acceptors (Lipinski definition) is 4. The van der Waals surface area contributed by atoms with Crippen molar-refractivity contribution in [3.63, 3.8) is 0 Å². The molecule has 0 aliphatic carbocycles. The number of rotatable bonds is 3. The quantitative estimate of drug-likeness (QED) is 0.365. The van der Waals surface area contributed by atoms with Crippen LogP contribution in [0.25, 0.3) is 0 Å². The summed E-state index contributed by atoms with van der Waals surface area (Å²) in [6, 6.07) is 0. The van der Waals surface area contributed by atoms with Gasteiger partial charge in [0.1, 0.15) is 0 Å². The fourth-order valence-corrected chi connectivity index (χ4v) is 0.270. The summed E-state index contributed by atoms with van der Waals surface area (Å²) in [5.41, 5.74) is 0. The van der Waals surface area contributed by atoms with Crippen molar-refractivity contribution in [1.82, 2.24) is 0 Å². The van der Waals surface area contributed by atoms with E-state index in [1.54, 1.807) is 0 Å². The molecule has 0 amide bonds.